The minimum absolute atomic E-state index is 0.00154. The third-order valence-corrected chi connectivity index (χ3v) is 2.27. The van der Waals surface area contributed by atoms with E-state index in [-0.39, 0.29) is 6.61 Å². The molecule has 1 aromatic rings. The summed E-state index contributed by atoms with van der Waals surface area (Å²) < 4.78 is 4.32. The number of nitrogens with two attached hydrogens (primary N) is 1. The van der Waals surface area contributed by atoms with Gasteiger partial charge in [0, 0.05) is 12.0 Å². The fourth-order valence-electron chi connectivity index (χ4n) is 0.711. The Morgan fingerprint density at radius 1 is 1.71 bits per heavy atom. The van der Waals surface area contributed by atoms with Gasteiger partial charge in [-0.15, -0.1) is 11.3 Å². The predicted octanol–water partition coefficient (Wildman–Crippen LogP) is 1.65. The minimum Gasteiger partial charge on any atom is -0.376 e. The van der Waals surface area contributed by atoms with Gasteiger partial charge < -0.3 is 10.5 Å². The molecule has 0 aliphatic rings. The van der Waals surface area contributed by atoms with E-state index in [2.05, 4.69) is 22.2 Å². The number of halogens is 1. The molecule has 0 atom stereocenters. The number of rotatable bonds is 4. The second-order valence-corrected chi connectivity index (χ2v) is 3.86. The van der Waals surface area contributed by atoms with E-state index in [1.807, 2.05) is 0 Å². The number of hydrogen-bond acceptors (Lipinski definition) is 4. The summed E-state index contributed by atoms with van der Waals surface area (Å²) in [5.74, 6) is 0. The molecule has 5 heteroatoms. The molecule has 0 unspecified atom stereocenters. The van der Waals surface area contributed by atoms with Gasteiger partial charge in [-0.3, -0.25) is 4.79 Å². The highest BCUT2D eigenvalue weighted by atomic mass is 35.5. The van der Waals surface area contributed by atoms with Crippen LogP contribution in [0.25, 0.3) is 0 Å². The van der Waals surface area contributed by atoms with E-state index in [4.69, 9.17) is 17.3 Å². The molecule has 0 fully saturated rings. The van der Waals surface area contributed by atoms with Crippen LogP contribution in [0.4, 0.5) is 0 Å². The van der Waals surface area contributed by atoms with Crippen LogP contribution in [-0.2, 0) is 16.0 Å². The molecule has 0 saturated carbocycles. The van der Waals surface area contributed by atoms with Gasteiger partial charge in [0.2, 0.25) is 5.24 Å². The number of thiophene rings is 1. The monoisotopic (exact) mass is 235 g/mol. The Balaban J connectivity index is 0.000000255. The van der Waals surface area contributed by atoms with Crippen molar-refractivity contribution in [3.8, 4) is 0 Å². The first-order valence-corrected chi connectivity index (χ1v) is 5.36. The van der Waals surface area contributed by atoms with E-state index < -0.39 is 5.24 Å². The van der Waals surface area contributed by atoms with Crippen molar-refractivity contribution in [3.05, 3.63) is 22.4 Å². The van der Waals surface area contributed by atoms with Gasteiger partial charge >= 0.3 is 0 Å². The van der Waals surface area contributed by atoms with Crippen LogP contribution < -0.4 is 5.73 Å². The standard InChI is InChI=1S/C6H9NS.C3H5ClO2/c7-4-3-6-2-1-5-8-6;1-6-2-3(4)5/h1-2,5H,3-4,7H2;2H2,1H3. The van der Waals surface area contributed by atoms with Crippen molar-refractivity contribution in [1.82, 2.24) is 0 Å². The summed E-state index contributed by atoms with van der Waals surface area (Å²) in [4.78, 5) is 11.1. The summed E-state index contributed by atoms with van der Waals surface area (Å²) in [6, 6.07) is 4.16. The van der Waals surface area contributed by atoms with E-state index in [1.54, 1.807) is 11.3 Å². The smallest absolute Gasteiger partial charge is 0.247 e. The molecule has 0 bridgehead atoms. The maximum absolute atomic E-state index is 9.68. The zero-order chi connectivity index (χ0) is 10.8. The van der Waals surface area contributed by atoms with Crippen LogP contribution in [0.1, 0.15) is 4.88 Å². The van der Waals surface area contributed by atoms with Crippen LogP contribution in [0.15, 0.2) is 17.5 Å². The Morgan fingerprint density at radius 3 is 2.71 bits per heavy atom. The summed E-state index contributed by atoms with van der Waals surface area (Å²) in [6.07, 6.45) is 1.03. The normalized spacial score (nSPS) is 9.07. The molecule has 80 valence electrons. The molecule has 0 radical (unpaired) electrons. The molecule has 1 rings (SSSR count). The van der Waals surface area contributed by atoms with Gasteiger partial charge in [0.1, 0.15) is 6.61 Å². The van der Waals surface area contributed by atoms with E-state index in [0.29, 0.717) is 0 Å². The fourth-order valence-corrected chi connectivity index (χ4v) is 1.54. The van der Waals surface area contributed by atoms with Crippen LogP contribution in [0.5, 0.6) is 0 Å². The summed E-state index contributed by atoms with van der Waals surface area (Å²) in [5, 5.41) is 1.61. The molecule has 14 heavy (non-hydrogen) atoms. The Labute approximate surface area is 92.8 Å². The van der Waals surface area contributed by atoms with Gasteiger partial charge in [0.15, 0.2) is 0 Å². The molecule has 0 amide bonds. The predicted molar refractivity (Wildman–Crippen MR) is 59.8 cm³/mol. The van der Waals surface area contributed by atoms with E-state index in [1.165, 1.54) is 12.0 Å². The van der Waals surface area contributed by atoms with Crippen molar-refractivity contribution in [2.24, 2.45) is 5.73 Å². The molecule has 3 nitrogen and oxygen atoms in total. The third-order valence-electron chi connectivity index (χ3n) is 1.23. The minimum atomic E-state index is -0.461. The first-order valence-electron chi connectivity index (χ1n) is 4.10. The lowest BCUT2D eigenvalue weighted by Gasteiger charge is -1.86. The van der Waals surface area contributed by atoms with Crippen LogP contribution in [0.3, 0.4) is 0 Å². The molecule has 0 aromatic carbocycles. The first-order chi connectivity index (χ1) is 6.70. The Kier molecular flexibility index (Phi) is 8.87. The molecular weight excluding hydrogens is 222 g/mol. The molecule has 0 saturated heterocycles. The topological polar surface area (TPSA) is 52.3 Å². The van der Waals surface area contributed by atoms with Gasteiger partial charge in [-0.25, -0.2) is 0 Å². The maximum atomic E-state index is 9.68. The van der Waals surface area contributed by atoms with Crippen molar-refractivity contribution in [3.63, 3.8) is 0 Å². The first kappa shape index (κ1) is 13.6. The van der Waals surface area contributed by atoms with Gasteiger partial charge in [-0.2, -0.15) is 0 Å². The molecule has 2 N–H and O–H groups in total. The van der Waals surface area contributed by atoms with Crippen LogP contribution in [0, 0.1) is 0 Å². The van der Waals surface area contributed by atoms with Gasteiger partial charge in [0.05, 0.1) is 0 Å². The number of ether oxygens (including phenoxy) is 1. The molecule has 1 heterocycles. The largest absolute Gasteiger partial charge is 0.376 e. The van der Waals surface area contributed by atoms with Crippen molar-refractivity contribution in [2.45, 2.75) is 6.42 Å². The number of hydrogen-bond donors (Lipinski definition) is 1. The average molecular weight is 236 g/mol. The Hall–Kier alpha value is -0.420. The number of methoxy groups -OCH3 is 1. The fraction of sp³-hybridized carbons (Fsp3) is 0.444. The lowest BCUT2D eigenvalue weighted by molar-refractivity contribution is -0.114. The highest BCUT2D eigenvalue weighted by molar-refractivity contribution is 7.09. The highest BCUT2D eigenvalue weighted by Gasteiger charge is 1.87. The van der Waals surface area contributed by atoms with Crippen molar-refractivity contribution < 1.29 is 9.53 Å². The second-order valence-electron chi connectivity index (χ2n) is 2.41. The lowest BCUT2D eigenvalue weighted by Crippen LogP contribution is -2.00. The summed E-state index contributed by atoms with van der Waals surface area (Å²) in [7, 11) is 1.42. The zero-order valence-electron chi connectivity index (χ0n) is 8.03. The second kappa shape index (κ2) is 9.15. The Bertz CT molecular complexity index is 239. The van der Waals surface area contributed by atoms with Gasteiger partial charge in [-0.1, -0.05) is 6.07 Å². The summed E-state index contributed by atoms with van der Waals surface area (Å²) >= 11 is 6.58. The quantitative estimate of drug-likeness (QED) is 0.808. The number of carbonyl (C=O) groups excluding carboxylic acids is 1. The number of carbonyl (C=O) groups is 1. The summed E-state index contributed by atoms with van der Waals surface area (Å²) in [5.41, 5.74) is 5.33. The third kappa shape index (κ3) is 8.19. The zero-order valence-corrected chi connectivity index (χ0v) is 9.61. The molecule has 1 aromatic heterocycles. The molecule has 0 aliphatic heterocycles. The molecule has 0 spiro atoms. The van der Waals surface area contributed by atoms with Gasteiger partial charge in [0.25, 0.3) is 0 Å². The van der Waals surface area contributed by atoms with Crippen LogP contribution in [0.2, 0.25) is 0 Å². The van der Waals surface area contributed by atoms with Crippen molar-refractivity contribution >= 4 is 28.2 Å². The van der Waals surface area contributed by atoms with Crippen LogP contribution in [-0.4, -0.2) is 25.5 Å². The molecule has 0 aliphatic carbocycles. The summed E-state index contributed by atoms with van der Waals surface area (Å²) in [6.45, 7) is 0.766. The van der Waals surface area contributed by atoms with Crippen LogP contribution >= 0.6 is 22.9 Å². The van der Waals surface area contributed by atoms with E-state index >= 15 is 0 Å². The van der Waals surface area contributed by atoms with E-state index in [9.17, 15) is 4.79 Å². The maximum Gasteiger partial charge on any atom is 0.247 e. The van der Waals surface area contributed by atoms with Crippen molar-refractivity contribution in [2.75, 3.05) is 20.3 Å². The Morgan fingerprint density at radius 2 is 2.43 bits per heavy atom. The van der Waals surface area contributed by atoms with Crippen molar-refractivity contribution in [1.29, 1.82) is 0 Å². The molecular formula is C9H14ClNO2S. The van der Waals surface area contributed by atoms with Gasteiger partial charge in [-0.05, 0) is 36.0 Å². The SMILES string of the molecule is COCC(=O)Cl.NCCc1cccs1. The average Bonchev–Trinajstić information content (AvgIpc) is 2.58. The lowest BCUT2D eigenvalue weighted by atomic mass is 10.3. The van der Waals surface area contributed by atoms with E-state index in [0.717, 1.165) is 13.0 Å². The highest BCUT2D eigenvalue weighted by Crippen LogP contribution is 2.07.